The molecule has 2 aliphatic rings. The van der Waals surface area contributed by atoms with Gasteiger partial charge in [0.25, 0.3) is 5.91 Å². The number of methoxy groups -OCH3 is 1. The number of carbonyl (C=O) groups excluding carboxylic acids is 3. The predicted octanol–water partition coefficient (Wildman–Crippen LogP) is 0.589. The standard InChI is InChI=1S/C19H25N3O5/c1-13-3-4-15-14(11-13)18(25)21-19(27-15)6-5-17(24)22(9-7-19)12-16(23)20-8-10-26-2/h3-4,11H,5-10,12H2,1-2H3,(H,20,23)(H,21,25)/t19-/m1/s1. The molecular weight excluding hydrogens is 350 g/mol. The molecule has 0 unspecified atom stereocenters. The molecule has 1 atom stereocenters. The first-order chi connectivity index (χ1) is 12.9. The maximum absolute atomic E-state index is 12.5. The van der Waals surface area contributed by atoms with E-state index in [1.165, 1.54) is 4.90 Å². The second-order valence-corrected chi connectivity index (χ2v) is 6.96. The Morgan fingerprint density at radius 3 is 2.96 bits per heavy atom. The monoisotopic (exact) mass is 375 g/mol. The third-order valence-electron chi connectivity index (χ3n) is 4.87. The molecule has 27 heavy (non-hydrogen) atoms. The minimum absolute atomic E-state index is 0.0116. The number of carbonyl (C=O) groups is 3. The van der Waals surface area contributed by atoms with Crippen molar-refractivity contribution in [1.82, 2.24) is 15.5 Å². The molecule has 0 saturated carbocycles. The molecule has 0 radical (unpaired) electrons. The van der Waals surface area contributed by atoms with Crippen LogP contribution in [0.2, 0.25) is 0 Å². The number of hydrogen-bond acceptors (Lipinski definition) is 5. The van der Waals surface area contributed by atoms with Crippen molar-refractivity contribution in [3.63, 3.8) is 0 Å². The second-order valence-electron chi connectivity index (χ2n) is 6.96. The summed E-state index contributed by atoms with van der Waals surface area (Å²) in [5.74, 6) is -0.0206. The van der Waals surface area contributed by atoms with Gasteiger partial charge in [-0.3, -0.25) is 14.4 Å². The topological polar surface area (TPSA) is 97.0 Å². The van der Waals surface area contributed by atoms with Crippen LogP contribution < -0.4 is 15.4 Å². The smallest absolute Gasteiger partial charge is 0.258 e. The molecule has 1 spiro atoms. The van der Waals surface area contributed by atoms with Gasteiger partial charge in [0, 0.05) is 39.5 Å². The lowest BCUT2D eigenvalue weighted by Gasteiger charge is -2.38. The SMILES string of the molecule is COCCNC(=O)CN1CC[C@]2(CCC1=O)NC(=O)c1cc(C)ccc1O2. The van der Waals surface area contributed by atoms with Crippen molar-refractivity contribution in [2.45, 2.75) is 31.9 Å². The Kier molecular flexibility index (Phi) is 5.65. The number of rotatable bonds is 5. The molecule has 1 saturated heterocycles. The molecule has 1 fully saturated rings. The Morgan fingerprint density at radius 2 is 2.19 bits per heavy atom. The maximum Gasteiger partial charge on any atom is 0.258 e. The Morgan fingerprint density at radius 1 is 1.37 bits per heavy atom. The Balaban J connectivity index is 1.67. The van der Waals surface area contributed by atoms with Crippen molar-refractivity contribution < 1.29 is 23.9 Å². The van der Waals surface area contributed by atoms with Crippen LogP contribution in [-0.4, -0.2) is 61.7 Å². The number of nitrogens with zero attached hydrogens (tertiary/aromatic N) is 1. The summed E-state index contributed by atoms with van der Waals surface area (Å²) in [6.45, 7) is 3.05. The molecule has 1 aromatic carbocycles. The van der Waals surface area contributed by atoms with Gasteiger partial charge in [-0.15, -0.1) is 0 Å². The van der Waals surface area contributed by atoms with E-state index in [9.17, 15) is 14.4 Å². The fourth-order valence-corrected chi connectivity index (χ4v) is 3.37. The first-order valence-electron chi connectivity index (χ1n) is 9.08. The van der Waals surface area contributed by atoms with E-state index in [1.807, 2.05) is 13.0 Å². The molecule has 2 heterocycles. The molecule has 2 aliphatic heterocycles. The van der Waals surface area contributed by atoms with E-state index >= 15 is 0 Å². The van der Waals surface area contributed by atoms with Crippen LogP contribution in [0.3, 0.4) is 0 Å². The lowest BCUT2D eigenvalue weighted by atomic mass is 9.99. The van der Waals surface area contributed by atoms with E-state index < -0.39 is 5.72 Å². The minimum atomic E-state index is -0.920. The van der Waals surface area contributed by atoms with Crippen LogP contribution in [0, 0.1) is 6.92 Å². The molecule has 0 bridgehead atoms. The Labute approximate surface area is 158 Å². The van der Waals surface area contributed by atoms with Crippen LogP contribution in [0.1, 0.15) is 35.2 Å². The van der Waals surface area contributed by atoms with Crippen LogP contribution in [-0.2, 0) is 14.3 Å². The largest absolute Gasteiger partial charge is 0.467 e. The summed E-state index contributed by atoms with van der Waals surface area (Å²) < 4.78 is 11.0. The van der Waals surface area contributed by atoms with Crippen molar-refractivity contribution in [3.05, 3.63) is 29.3 Å². The third kappa shape index (κ3) is 4.39. The van der Waals surface area contributed by atoms with Gasteiger partial charge in [0.2, 0.25) is 11.8 Å². The van der Waals surface area contributed by atoms with Crippen molar-refractivity contribution in [2.75, 3.05) is 33.4 Å². The fourth-order valence-electron chi connectivity index (χ4n) is 3.37. The predicted molar refractivity (Wildman–Crippen MR) is 97.3 cm³/mol. The van der Waals surface area contributed by atoms with E-state index in [-0.39, 0.29) is 30.7 Å². The summed E-state index contributed by atoms with van der Waals surface area (Å²) in [6, 6.07) is 5.47. The van der Waals surface area contributed by atoms with Crippen molar-refractivity contribution in [3.8, 4) is 5.75 Å². The van der Waals surface area contributed by atoms with Crippen LogP contribution in [0.15, 0.2) is 18.2 Å². The van der Waals surface area contributed by atoms with Gasteiger partial charge in [-0.25, -0.2) is 0 Å². The zero-order valence-corrected chi connectivity index (χ0v) is 15.7. The van der Waals surface area contributed by atoms with E-state index in [0.29, 0.717) is 43.9 Å². The number of nitrogens with one attached hydrogen (secondary N) is 2. The highest BCUT2D eigenvalue weighted by Gasteiger charge is 2.42. The molecular formula is C19H25N3O5. The zero-order chi connectivity index (χ0) is 19.4. The number of benzene rings is 1. The molecule has 1 aromatic rings. The van der Waals surface area contributed by atoms with Crippen molar-refractivity contribution in [1.29, 1.82) is 0 Å². The minimum Gasteiger partial charge on any atom is -0.467 e. The Bertz CT molecular complexity index is 751. The van der Waals surface area contributed by atoms with E-state index in [0.717, 1.165) is 5.56 Å². The number of amides is 3. The highest BCUT2D eigenvalue weighted by atomic mass is 16.5. The van der Waals surface area contributed by atoms with Gasteiger partial charge >= 0.3 is 0 Å². The lowest BCUT2D eigenvalue weighted by Crippen LogP contribution is -2.56. The van der Waals surface area contributed by atoms with Gasteiger partial charge in [0.15, 0.2) is 5.72 Å². The maximum atomic E-state index is 12.5. The first kappa shape index (κ1) is 19.2. The van der Waals surface area contributed by atoms with Gasteiger partial charge in [-0.05, 0) is 19.1 Å². The quantitative estimate of drug-likeness (QED) is 0.734. The average Bonchev–Trinajstić information content (AvgIpc) is 2.77. The normalized spacial score (nSPS) is 21.9. The summed E-state index contributed by atoms with van der Waals surface area (Å²) >= 11 is 0. The van der Waals surface area contributed by atoms with Gasteiger partial charge in [0.05, 0.1) is 18.7 Å². The molecule has 0 aliphatic carbocycles. The average molecular weight is 375 g/mol. The summed E-state index contributed by atoms with van der Waals surface area (Å²) in [6.07, 6.45) is 0.989. The molecule has 3 amide bonds. The van der Waals surface area contributed by atoms with E-state index in [2.05, 4.69) is 10.6 Å². The number of fused-ring (bicyclic) bond motifs is 1. The molecule has 146 valence electrons. The van der Waals surface area contributed by atoms with Crippen LogP contribution in [0.5, 0.6) is 5.75 Å². The van der Waals surface area contributed by atoms with Crippen molar-refractivity contribution in [2.24, 2.45) is 0 Å². The van der Waals surface area contributed by atoms with Crippen LogP contribution in [0.25, 0.3) is 0 Å². The summed E-state index contributed by atoms with van der Waals surface area (Å²) in [4.78, 5) is 38.5. The third-order valence-corrected chi connectivity index (χ3v) is 4.87. The van der Waals surface area contributed by atoms with Gasteiger partial charge < -0.3 is 25.0 Å². The van der Waals surface area contributed by atoms with Gasteiger partial charge in [-0.2, -0.15) is 0 Å². The highest BCUT2D eigenvalue weighted by Crippen LogP contribution is 2.34. The highest BCUT2D eigenvalue weighted by molar-refractivity contribution is 5.98. The van der Waals surface area contributed by atoms with E-state index in [1.54, 1.807) is 19.2 Å². The molecule has 8 heteroatoms. The number of hydrogen-bond donors (Lipinski definition) is 2. The second kappa shape index (κ2) is 7.96. The molecule has 8 nitrogen and oxygen atoms in total. The Hall–Kier alpha value is -2.61. The van der Waals surface area contributed by atoms with Crippen molar-refractivity contribution >= 4 is 17.7 Å². The van der Waals surface area contributed by atoms with Gasteiger partial charge in [-0.1, -0.05) is 11.6 Å². The lowest BCUT2D eigenvalue weighted by molar-refractivity contribution is -0.135. The summed E-state index contributed by atoms with van der Waals surface area (Å²) in [7, 11) is 1.56. The molecule has 0 aromatic heterocycles. The van der Waals surface area contributed by atoms with Gasteiger partial charge in [0.1, 0.15) is 5.75 Å². The fraction of sp³-hybridized carbons (Fsp3) is 0.526. The summed E-state index contributed by atoms with van der Waals surface area (Å²) in [5, 5.41) is 5.64. The van der Waals surface area contributed by atoms with Crippen LogP contribution >= 0.6 is 0 Å². The molecule has 3 rings (SSSR count). The van der Waals surface area contributed by atoms with Crippen LogP contribution in [0.4, 0.5) is 0 Å². The zero-order valence-electron chi connectivity index (χ0n) is 15.7. The first-order valence-corrected chi connectivity index (χ1v) is 9.08. The number of likely N-dealkylation sites (tertiary alicyclic amines) is 1. The van der Waals surface area contributed by atoms with E-state index in [4.69, 9.17) is 9.47 Å². The molecule has 2 N–H and O–H groups in total. The summed E-state index contributed by atoms with van der Waals surface area (Å²) in [5.41, 5.74) is 0.562. The number of aryl methyl sites for hydroxylation is 1. The number of ether oxygens (including phenoxy) is 2.